The summed E-state index contributed by atoms with van der Waals surface area (Å²) < 4.78 is 1.70. The third-order valence-corrected chi connectivity index (χ3v) is 1.99. The van der Waals surface area contributed by atoms with Crippen LogP contribution in [0.4, 0.5) is 0 Å². The lowest BCUT2D eigenvalue weighted by molar-refractivity contribution is 0.275. The minimum Gasteiger partial charge on any atom is -0.390 e. The lowest BCUT2D eigenvalue weighted by Gasteiger charge is -1.99. The number of aliphatic hydroxyl groups excluding tert-OH is 1. The molecule has 4 nitrogen and oxygen atoms in total. The first-order valence-corrected chi connectivity index (χ1v) is 4.55. The molecule has 0 radical (unpaired) electrons. The predicted octanol–water partition coefficient (Wildman–Crippen LogP) is 0.982. The third-order valence-electron chi connectivity index (χ3n) is 1.99. The molecule has 1 N–H and O–H groups in total. The summed E-state index contributed by atoms with van der Waals surface area (Å²) in [6.45, 7) is 3.54. The highest BCUT2D eigenvalue weighted by Gasteiger charge is 2.07. The normalized spacial score (nSPS) is 11.0. The summed E-state index contributed by atoms with van der Waals surface area (Å²) in [7, 11) is 1.83. The molecule has 1 heterocycles. The van der Waals surface area contributed by atoms with Gasteiger partial charge in [-0.25, -0.2) is 0 Å². The van der Waals surface area contributed by atoms with Crippen LogP contribution in [0, 0.1) is 0 Å². The van der Waals surface area contributed by atoms with Crippen molar-refractivity contribution in [2.75, 3.05) is 0 Å². The zero-order valence-electron chi connectivity index (χ0n) is 8.35. The summed E-state index contributed by atoms with van der Waals surface area (Å²) in [5, 5.41) is 16.7. The Hall–Kier alpha value is -1.42. The van der Waals surface area contributed by atoms with E-state index in [-0.39, 0.29) is 6.61 Å². The molecule has 0 atom stereocenters. The molecule has 0 saturated heterocycles. The van der Waals surface area contributed by atoms with Crippen molar-refractivity contribution in [2.45, 2.75) is 19.4 Å². The molecule has 4 heteroatoms. The monoisotopic (exact) mass is 193 g/mol. The van der Waals surface area contributed by atoms with Crippen LogP contribution in [0.3, 0.4) is 0 Å². The Bertz CT molecular complexity index is 328. The van der Waals surface area contributed by atoms with E-state index in [1.165, 1.54) is 0 Å². The lowest BCUT2D eigenvalue weighted by Crippen LogP contribution is -2.00. The van der Waals surface area contributed by atoms with Gasteiger partial charge in [0.15, 0.2) is 0 Å². The van der Waals surface area contributed by atoms with E-state index in [1.54, 1.807) is 10.8 Å². The Morgan fingerprint density at radius 2 is 2.36 bits per heavy atom. The molecular weight excluding hydrogens is 178 g/mol. The number of hydrogen-bond acceptors (Lipinski definition) is 3. The molecule has 14 heavy (non-hydrogen) atoms. The van der Waals surface area contributed by atoms with Crippen molar-refractivity contribution in [1.82, 2.24) is 15.0 Å². The van der Waals surface area contributed by atoms with Crippen LogP contribution in [0.5, 0.6) is 0 Å². The Balaban J connectivity index is 2.60. The maximum absolute atomic E-state index is 8.98. The first-order chi connectivity index (χ1) is 6.79. The van der Waals surface area contributed by atoms with Gasteiger partial charge in [-0.2, -0.15) is 0 Å². The van der Waals surface area contributed by atoms with Gasteiger partial charge in [-0.05, 0) is 12.8 Å². The van der Waals surface area contributed by atoms with Crippen LogP contribution >= 0.6 is 0 Å². The molecule has 0 amide bonds. The fourth-order valence-electron chi connectivity index (χ4n) is 1.26. The molecule has 0 unspecified atom stereocenters. The zero-order valence-corrected chi connectivity index (χ0v) is 8.35. The maximum atomic E-state index is 8.98. The number of hydrogen-bond donors (Lipinski definition) is 1. The van der Waals surface area contributed by atoms with Crippen LogP contribution in [-0.2, 0) is 20.1 Å². The molecule has 76 valence electrons. The minimum atomic E-state index is -0.0473. The zero-order chi connectivity index (χ0) is 10.4. The first-order valence-electron chi connectivity index (χ1n) is 4.55. The van der Waals surface area contributed by atoms with Crippen LogP contribution in [0.1, 0.15) is 17.8 Å². The van der Waals surface area contributed by atoms with Gasteiger partial charge in [-0.15, -0.1) is 5.10 Å². The molecule has 1 rings (SSSR count). The summed E-state index contributed by atoms with van der Waals surface area (Å²) in [6.07, 6.45) is 7.42. The highest BCUT2D eigenvalue weighted by Crippen LogP contribution is 2.07. The predicted molar refractivity (Wildman–Crippen MR) is 54.6 cm³/mol. The van der Waals surface area contributed by atoms with Gasteiger partial charge in [0.25, 0.3) is 0 Å². The summed E-state index contributed by atoms with van der Waals surface area (Å²) in [5.41, 5.74) is 1.65. The van der Waals surface area contributed by atoms with Gasteiger partial charge < -0.3 is 5.11 Å². The quantitative estimate of drug-likeness (QED) is 0.709. The number of aliphatic hydroxyl groups is 1. The molecule has 0 spiro atoms. The topological polar surface area (TPSA) is 50.9 Å². The van der Waals surface area contributed by atoms with Crippen LogP contribution in [0.15, 0.2) is 24.8 Å². The number of aryl methyl sites for hydroxylation is 1. The Labute approximate surface area is 83.6 Å². The van der Waals surface area contributed by atoms with Gasteiger partial charge in [0.05, 0.1) is 12.3 Å². The summed E-state index contributed by atoms with van der Waals surface area (Å²) in [6, 6.07) is 0. The highest BCUT2D eigenvalue weighted by molar-refractivity contribution is 5.10. The van der Waals surface area contributed by atoms with E-state index in [0.29, 0.717) is 5.69 Å². The Morgan fingerprint density at radius 3 is 3.00 bits per heavy atom. The average Bonchev–Trinajstić information content (AvgIpc) is 2.55. The molecule has 0 saturated carbocycles. The highest BCUT2D eigenvalue weighted by atomic mass is 16.3. The van der Waals surface area contributed by atoms with Gasteiger partial charge in [0.1, 0.15) is 5.69 Å². The van der Waals surface area contributed by atoms with Crippen molar-refractivity contribution in [3.05, 3.63) is 36.2 Å². The fourth-order valence-corrected chi connectivity index (χ4v) is 1.26. The van der Waals surface area contributed by atoms with E-state index >= 15 is 0 Å². The van der Waals surface area contributed by atoms with E-state index in [4.69, 9.17) is 5.11 Å². The van der Waals surface area contributed by atoms with Crippen molar-refractivity contribution >= 4 is 0 Å². The molecule has 1 aromatic heterocycles. The summed E-state index contributed by atoms with van der Waals surface area (Å²) >= 11 is 0. The van der Waals surface area contributed by atoms with Crippen molar-refractivity contribution in [2.24, 2.45) is 7.05 Å². The van der Waals surface area contributed by atoms with Crippen molar-refractivity contribution in [3.63, 3.8) is 0 Å². The van der Waals surface area contributed by atoms with Gasteiger partial charge in [0, 0.05) is 7.05 Å². The fraction of sp³-hybridized carbons (Fsp3) is 0.400. The molecule has 0 aliphatic rings. The van der Waals surface area contributed by atoms with Crippen LogP contribution in [-0.4, -0.2) is 20.1 Å². The number of aromatic nitrogens is 3. The number of rotatable bonds is 5. The standard InChI is InChI=1S/C10H15N3O/c1-3-4-5-6-7-10-9(8-14)11-12-13(10)2/h3-5,14H,1,6-8H2,2H3. The minimum absolute atomic E-state index is 0.0473. The molecule has 0 aliphatic carbocycles. The van der Waals surface area contributed by atoms with Gasteiger partial charge in [-0.1, -0.05) is 30.0 Å². The average molecular weight is 193 g/mol. The lowest BCUT2D eigenvalue weighted by atomic mass is 10.2. The summed E-state index contributed by atoms with van der Waals surface area (Å²) in [5.74, 6) is 0. The molecule has 0 fully saturated rings. The second kappa shape index (κ2) is 5.34. The second-order valence-electron chi connectivity index (χ2n) is 2.97. The molecule has 1 aromatic rings. The molecule has 0 bridgehead atoms. The van der Waals surface area contributed by atoms with E-state index in [0.717, 1.165) is 18.5 Å². The first kappa shape index (κ1) is 10.7. The van der Waals surface area contributed by atoms with Gasteiger partial charge in [0.2, 0.25) is 0 Å². The number of allylic oxidation sites excluding steroid dienone is 3. The van der Waals surface area contributed by atoms with Gasteiger partial charge >= 0.3 is 0 Å². The van der Waals surface area contributed by atoms with Crippen molar-refractivity contribution < 1.29 is 5.11 Å². The third kappa shape index (κ3) is 2.53. The van der Waals surface area contributed by atoms with E-state index in [2.05, 4.69) is 16.9 Å². The largest absolute Gasteiger partial charge is 0.390 e. The Kier molecular flexibility index (Phi) is 4.07. The molecule has 0 aromatic carbocycles. The maximum Gasteiger partial charge on any atom is 0.111 e. The van der Waals surface area contributed by atoms with E-state index in [1.807, 2.05) is 19.2 Å². The van der Waals surface area contributed by atoms with E-state index < -0.39 is 0 Å². The van der Waals surface area contributed by atoms with Crippen LogP contribution < -0.4 is 0 Å². The smallest absolute Gasteiger partial charge is 0.111 e. The van der Waals surface area contributed by atoms with Crippen LogP contribution in [0.25, 0.3) is 0 Å². The number of nitrogens with zero attached hydrogens (tertiary/aromatic N) is 3. The van der Waals surface area contributed by atoms with Gasteiger partial charge in [-0.3, -0.25) is 4.68 Å². The molecular formula is C10H15N3O. The van der Waals surface area contributed by atoms with E-state index in [9.17, 15) is 0 Å². The van der Waals surface area contributed by atoms with Crippen LogP contribution in [0.2, 0.25) is 0 Å². The Morgan fingerprint density at radius 1 is 1.57 bits per heavy atom. The second-order valence-corrected chi connectivity index (χ2v) is 2.97. The summed E-state index contributed by atoms with van der Waals surface area (Å²) in [4.78, 5) is 0. The molecule has 0 aliphatic heterocycles. The van der Waals surface area contributed by atoms with Crippen molar-refractivity contribution in [1.29, 1.82) is 0 Å². The van der Waals surface area contributed by atoms with Crippen molar-refractivity contribution in [3.8, 4) is 0 Å². The SMILES string of the molecule is C=CC=CCCc1c(CO)nnn1C.